The van der Waals surface area contributed by atoms with Gasteiger partial charge in [-0.1, -0.05) is 84.9 Å². The minimum Gasteiger partial charge on any atom is -0.465 e. The highest BCUT2D eigenvalue weighted by atomic mass is 16.5. The van der Waals surface area contributed by atoms with E-state index in [0.29, 0.717) is 30.2 Å². The van der Waals surface area contributed by atoms with Gasteiger partial charge in [-0.2, -0.15) is 0 Å². The van der Waals surface area contributed by atoms with E-state index in [9.17, 15) is 9.90 Å². The van der Waals surface area contributed by atoms with Gasteiger partial charge in [0.1, 0.15) is 11.3 Å². The standard InChI is InChI=1S/C31H27N3O4/c35-30(36)34-31(16-7-17-31)24-14-12-23(13-15-24)28-26(22-10-5-2-6-11-22)27-29(38-28)32-18-25(33-27)20-37-19-21-8-3-1-4-9-21/h1-6,8-15,18,34H,7,16-17,19-20H2,(H,35,36). The topological polar surface area (TPSA) is 97.5 Å². The van der Waals surface area contributed by atoms with Crippen molar-refractivity contribution in [3.8, 4) is 22.5 Å². The van der Waals surface area contributed by atoms with Crippen LogP contribution >= 0.6 is 0 Å². The molecular weight excluding hydrogens is 478 g/mol. The van der Waals surface area contributed by atoms with E-state index < -0.39 is 11.6 Å². The van der Waals surface area contributed by atoms with Crippen LogP contribution in [0.4, 0.5) is 4.79 Å². The number of carboxylic acid groups (broad SMARTS) is 1. The first-order chi connectivity index (χ1) is 18.6. The van der Waals surface area contributed by atoms with Gasteiger partial charge in [-0.3, -0.25) is 0 Å². The van der Waals surface area contributed by atoms with Crippen LogP contribution in [-0.4, -0.2) is 21.2 Å². The first-order valence-corrected chi connectivity index (χ1v) is 12.7. The van der Waals surface area contributed by atoms with Crippen LogP contribution in [-0.2, 0) is 23.5 Å². The second-order valence-electron chi connectivity index (χ2n) is 9.61. The summed E-state index contributed by atoms with van der Waals surface area (Å²) in [5.74, 6) is 0.675. The van der Waals surface area contributed by atoms with Crippen molar-refractivity contribution in [2.24, 2.45) is 0 Å². The summed E-state index contributed by atoms with van der Waals surface area (Å²) in [7, 11) is 0. The number of fused-ring (bicyclic) bond motifs is 1. The highest BCUT2D eigenvalue weighted by molar-refractivity contribution is 5.98. The van der Waals surface area contributed by atoms with Crippen LogP contribution in [0, 0.1) is 0 Å². The van der Waals surface area contributed by atoms with E-state index in [1.807, 2.05) is 84.9 Å². The predicted octanol–water partition coefficient (Wildman–Crippen LogP) is 6.92. The molecule has 0 saturated heterocycles. The number of rotatable bonds is 8. The molecule has 0 spiro atoms. The maximum Gasteiger partial charge on any atom is 0.405 e. The summed E-state index contributed by atoms with van der Waals surface area (Å²) in [6.07, 6.45) is 3.27. The summed E-state index contributed by atoms with van der Waals surface area (Å²) in [5, 5.41) is 12.1. The molecular formula is C31H27N3O4. The Kier molecular flexibility index (Phi) is 6.35. The van der Waals surface area contributed by atoms with Gasteiger partial charge in [-0.25, -0.2) is 14.8 Å². The highest BCUT2D eigenvalue weighted by Gasteiger charge is 2.40. The van der Waals surface area contributed by atoms with Crippen molar-refractivity contribution in [2.45, 2.75) is 38.0 Å². The molecule has 7 heteroatoms. The Morgan fingerprint density at radius 2 is 1.63 bits per heavy atom. The molecule has 3 aromatic carbocycles. The van der Waals surface area contributed by atoms with Crippen molar-refractivity contribution in [2.75, 3.05) is 0 Å². The number of aromatic nitrogens is 2. The van der Waals surface area contributed by atoms with E-state index in [1.54, 1.807) is 6.20 Å². The summed E-state index contributed by atoms with van der Waals surface area (Å²) in [4.78, 5) is 20.8. The Bertz CT molecular complexity index is 1560. The lowest BCUT2D eigenvalue weighted by molar-refractivity contribution is 0.104. The molecule has 2 heterocycles. The van der Waals surface area contributed by atoms with Gasteiger partial charge in [0.25, 0.3) is 0 Å². The van der Waals surface area contributed by atoms with Crippen molar-refractivity contribution in [1.82, 2.24) is 15.3 Å². The molecule has 1 fully saturated rings. The van der Waals surface area contributed by atoms with Crippen LogP contribution in [0.5, 0.6) is 0 Å². The van der Waals surface area contributed by atoms with Gasteiger partial charge in [-0.05, 0) is 36.0 Å². The fourth-order valence-corrected chi connectivity index (χ4v) is 5.06. The van der Waals surface area contributed by atoms with Crippen molar-refractivity contribution >= 4 is 17.3 Å². The third kappa shape index (κ3) is 4.64. The van der Waals surface area contributed by atoms with Crippen molar-refractivity contribution in [3.63, 3.8) is 0 Å². The second kappa shape index (κ2) is 10.1. The van der Waals surface area contributed by atoms with Crippen LogP contribution in [0.3, 0.4) is 0 Å². The first-order valence-electron chi connectivity index (χ1n) is 12.7. The van der Waals surface area contributed by atoms with Gasteiger partial charge in [-0.15, -0.1) is 0 Å². The Morgan fingerprint density at radius 3 is 2.29 bits per heavy atom. The van der Waals surface area contributed by atoms with Gasteiger partial charge in [0.2, 0.25) is 5.71 Å². The summed E-state index contributed by atoms with van der Waals surface area (Å²) >= 11 is 0. The van der Waals surface area contributed by atoms with Crippen LogP contribution < -0.4 is 5.32 Å². The third-order valence-corrected chi connectivity index (χ3v) is 7.13. The van der Waals surface area contributed by atoms with Crippen LogP contribution in [0.1, 0.15) is 36.1 Å². The van der Waals surface area contributed by atoms with Crippen LogP contribution in [0.15, 0.2) is 95.5 Å². The lowest BCUT2D eigenvalue weighted by Crippen LogP contribution is -2.50. The fraction of sp³-hybridized carbons (Fsp3) is 0.194. The molecule has 6 rings (SSSR count). The molecule has 2 N–H and O–H groups in total. The zero-order chi connectivity index (χ0) is 26.0. The van der Waals surface area contributed by atoms with Gasteiger partial charge >= 0.3 is 6.09 Å². The Morgan fingerprint density at radius 1 is 0.921 bits per heavy atom. The summed E-state index contributed by atoms with van der Waals surface area (Å²) < 4.78 is 12.2. The Labute approximate surface area is 220 Å². The minimum atomic E-state index is -1.00. The van der Waals surface area contributed by atoms with E-state index >= 15 is 0 Å². The zero-order valence-electron chi connectivity index (χ0n) is 20.8. The quantitative estimate of drug-likeness (QED) is 0.238. The van der Waals surface area contributed by atoms with Crippen LogP contribution in [0.25, 0.3) is 33.7 Å². The van der Waals surface area contributed by atoms with E-state index in [1.165, 1.54) is 0 Å². The van der Waals surface area contributed by atoms with Crippen molar-refractivity contribution in [3.05, 3.63) is 108 Å². The average Bonchev–Trinajstić information content (AvgIpc) is 3.31. The number of amides is 1. The largest absolute Gasteiger partial charge is 0.465 e. The molecule has 0 unspecified atom stereocenters. The molecule has 0 bridgehead atoms. The zero-order valence-corrected chi connectivity index (χ0v) is 20.8. The average molecular weight is 506 g/mol. The molecule has 0 radical (unpaired) electrons. The first kappa shape index (κ1) is 23.9. The second-order valence-corrected chi connectivity index (χ2v) is 9.61. The van der Waals surface area contributed by atoms with Crippen molar-refractivity contribution in [1.29, 1.82) is 0 Å². The molecule has 0 aliphatic heterocycles. The third-order valence-electron chi connectivity index (χ3n) is 7.13. The normalized spacial score (nSPS) is 14.2. The van der Waals surface area contributed by atoms with Crippen LogP contribution in [0.2, 0.25) is 0 Å². The van der Waals surface area contributed by atoms with E-state index in [0.717, 1.165) is 52.8 Å². The highest BCUT2D eigenvalue weighted by Crippen LogP contribution is 2.43. The van der Waals surface area contributed by atoms with Crippen molar-refractivity contribution < 1.29 is 19.1 Å². The SMILES string of the molecule is O=C(O)NC1(c2ccc(-c3oc4ncc(COCc5ccccc5)nc4c3-c3ccccc3)cc2)CCC1. The van der Waals surface area contributed by atoms with Gasteiger partial charge in [0.05, 0.1) is 36.2 Å². The molecule has 5 aromatic rings. The molecule has 1 amide bonds. The summed E-state index contributed by atoms with van der Waals surface area (Å²) in [6, 6.07) is 27.9. The summed E-state index contributed by atoms with van der Waals surface area (Å²) in [5.41, 5.74) is 6.12. The lowest BCUT2D eigenvalue weighted by Gasteiger charge is -2.42. The van der Waals surface area contributed by atoms with Gasteiger partial charge in [0, 0.05) is 5.56 Å². The summed E-state index contributed by atoms with van der Waals surface area (Å²) in [6.45, 7) is 0.827. The minimum absolute atomic E-state index is 0.333. The fourth-order valence-electron chi connectivity index (χ4n) is 5.06. The number of hydrogen-bond donors (Lipinski definition) is 2. The number of furan rings is 1. The number of nitrogens with zero attached hydrogens (tertiary/aromatic N) is 2. The number of ether oxygens (including phenoxy) is 1. The molecule has 1 saturated carbocycles. The molecule has 38 heavy (non-hydrogen) atoms. The van der Waals surface area contributed by atoms with Gasteiger partial charge < -0.3 is 19.6 Å². The number of nitrogens with one attached hydrogen (secondary N) is 1. The molecule has 0 atom stereocenters. The maximum atomic E-state index is 11.4. The predicted molar refractivity (Wildman–Crippen MR) is 144 cm³/mol. The van der Waals surface area contributed by atoms with Gasteiger partial charge in [0.15, 0.2) is 0 Å². The smallest absolute Gasteiger partial charge is 0.405 e. The Balaban J connectivity index is 1.34. The molecule has 2 aromatic heterocycles. The monoisotopic (exact) mass is 505 g/mol. The molecule has 190 valence electrons. The number of carbonyl (C=O) groups is 1. The molecule has 7 nitrogen and oxygen atoms in total. The molecule has 1 aliphatic carbocycles. The Hall–Kier alpha value is -4.49. The van der Waals surface area contributed by atoms with E-state index in [4.69, 9.17) is 14.1 Å². The number of benzene rings is 3. The van der Waals surface area contributed by atoms with E-state index in [2.05, 4.69) is 10.3 Å². The lowest BCUT2D eigenvalue weighted by atomic mass is 9.72. The number of hydrogen-bond acceptors (Lipinski definition) is 5. The molecule has 1 aliphatic rings. The maximum absolute atomic E-state index is 11.4. The van der Waals surface area contributed by atoms with E-state index in [-0.39, 0.29) is 0 Å².